The smallest absolute Gasteiger partial charge is 0.228 e. The first kappa shape index (κ1) is 21.0. The number of H-pyrrole nitrogens is 1. The SMILES string of the molecule is COc1ccc(CC(=O)Nc2c(Cl)cncc2Cl)c2nc(COc3ccccc3)[nH]c12. The number of fused-ring (bicyclic) bond motifs is 1. The van der Waals surface area contributed by atoms with E-state index in [2.05, 4.69) is 20.3 Å². The van der Waals surface area contributed by atoms with Crippen LogP contribution in [0.3, 0.4) is 0 Å². The van der Waals surface area contributed by atoms with Gasteiger partial charge in [0, 0.05) is 12.4 Å². The minimum Gasteiger partial charge on any atom is -0.494 e. The highest BCUT2D eigenvalue weighted by molar-refractivity contribution is 6.39. The Labute approximate surface area is 188 Å². The second-order valence-corrected chi connectivity index (χ2v) is 7.45. The van der Waals surface area contributed by atoms with E-state index in [9.17, 15) is 4.79 Å². The van der Waals surface area contributed by atoms with E-state index >= 15 is 0 Å². The number of carbonyl (C=O) groups excluding carboxylic acids is 1. The Morgan fingerprint density at radius 3 is 2.55 bits per heavy atom. The Morgan fingerprint density at radius 2 is 1.84 bits per heavy atom. The standard InChI is InChI=1S/C22H18Cl2N4O3/c1-30-17-8-7-13(9-19(29)28-21-15(23)10-25-11-16(21)24)20-22(17)27-18(26-20)12-31-14-5-3-2-4-6-14/h2-8,10-11H,9,12H2,1H3,(H,26,27)(H,25,28,29). The molecule has 7 nitrogen and oxygen atoms in total. The van der Waals surface area contributed by atoms with Crippen LogP contribution in [0, 0.1) is 0 Å². The molecule has 0 unspecified atom stereocenters. The molecular weight excluding hydrogens is 439 g/mol. The highest BCUT2D eigenvalue weighted by Gasteiger charge is 2.17. The van der Waals surface area contributed by atoms with Gasteiger partial charge in [0.25, 0.3) is 0 Å². The normalized spacial score (nSPS) is 10.8. The molecular formula is C22H18Cl2N4O3. The van der Waals surface area contributed by atoms with Crippen molar-refractivity contribution in [3.63, 3.8) is 0 Å². The Bertz CT molecular complexity index is 1210. The topological polar surface area (TPSA) is 89.1 Å². The van der Waals surface area contributed by atoms with Crippen LogP contribution in [0.5, 0.6) is 11.5 Å². The summed E-state index contributed by atoms with van der Waals surface area (Å²) in [6, 6.07) is 13.0. The number of methoxy groups -OCH3 is 1. The van der Waals surface area contributed by atoms with Crippen LogP contribution in [0.2, 0.25) is 10.0 Å². The first-order valence-electron chi connectivity index (χ1n) is 9.36. The van der Waals surface area contributed by atoms with Crippen LogP contribution in [0.15, 0.2) is 54.9 Å². The number of hydrogen-bond donors (Lipinski definition) is 2. The number of carbonyl (C=O) groups is 1. The second-order valence-electron chi connectivity index (χ2n) is 6.64. The van der Waals surface area contributed by atoms with Crippen molar-refractivity contribution in [3.8, 4) is 11.5 Å². The molecule has 0 atom stereocenters. The van der Waals surface area contributed by atoms with Gasteiger partial charge in [-0.1, -0.05) is 47.5 Å². The number of aromatic nitrogens is 3. The number of para-hydroxylation sites is 1. The number of imidazole rings is 1. The maximum absolute atomic E-state index is 12.7. The summed E-state index contributed by atoms with van der Waals surface area (Å²) in [5.74, 6) is 1.69. The fourth-order valence-electron chi connectivity index (χ4n) is 3.11. The summed E-state index contributed by atoms with van der Waals surface area (Å²) in [6.45, 7) is 0.246. The predicted molar refractivity (Wildman–Crippen MR) is 120 cm³/mol. The molecule has 0 aliphatic heterocycles. The van der Waals surface area contributed by atoms with Crippen LogP contribution in [-0.2, 0) is 17.8 Å². The average Bonchev–Trinajstić information content (AvgIpc) is 3.21. The van der Waals surface area contributed by atoms with Crippen molar-refractivity contribution in [1.29, 1.82) is 0 Å². The molecule has 9 heteroatoms. The van der Waals surface area contributed by atoms with Crippen molar-refractivity contribution < 1.29 is 14.3 Å². The van der Waals surface area contributed by atoms with E-state index in [0.29, 0.717) is 28.3 Å². The van der Waals surface area contributed by atoms with Gasteiger partial charge in [0.1, 0.15) is 29.4 Å². The number of hydrogen-bond acceptors (Lipinski definition) is 5. The molecule has 0 saturated heterocycles. The zero-order valence-corrected chi connectivity index (χ0v) is 18.0. The number of nitrogens with zero attached hydrogens (tertiary/aromatic N) is 2. The molecule has 31 heavy (non-hydrogen) atoms. The van der Waals surface area contributed by atoms with Crippen molar-refractivity contribution >= 4 is 45.8 Å². The van der Waals surface area contributed by atoms with E-state index < -0.39 is 0 Å². The first-order valence-corrected chi connectivity index (χ1v) is 10.1. The summed E-state index contributed by atoms with van der Waals surface area (Å²) < 4.78 is 11.2. The Morgan fingerprint density at radius 1 is 1.10 bits per heavy atom. The lowest BCUT2D eigenvalue weighted by atomic mass is 10.1. The first-order chi connectivity index (χ1) is 15.0. The van der Waals surface area contributed by atoms with Crippen molar-refractivity contribution in [2.24, 2.45) is 0 Å². The van der Waals surface area contributed by atoms with Gasteiger partial charge in [-0.05, 0) is 23.8 Å². The summed E-state index contributed by atoms with van der Waals surface area (Å²) >= 11 is 12.2. The fraction of sp³-hybridized carbons (Fsp3) is 0.136. The number of ether oxygens (including phenoxy) is 2. The number of amides is 1. The van der Waals surface area contributed by atoms with Gasteiger partial charge in [0.2, 0.25) is 5.91 Å². The van der Waals surface area contributed by atoms with E-state index in [0.717, 1.165) is 11.3 Å². The van der Waals surface area contributed by atoms with Crippen molar-refractivity contribution in [2.45, 2.75) is 13.0 Å². The molecule has 0 saturated carbocycles. The van der Waals surface area contributed by atoms with E-state index in [-0.39, 0.29) is 29.0 Å². The van der Waals surface area contributed by atoms with E-state index in [1.54, 1.807) is 19.2 Å². The number of nitrogens with one attached hydrogen (secondary N) is 2. The van der Waals surface area contributed by atoms with E-state index in [1.165, 1.54) is 12.4 Å². The van der Waals surface area contributed by atoms with Crippen LogP contribution >= 0.6 is 23.2 Å². The van der Waals surface area contributed by atoms with E-state index in [1.807, 2.05) is 30.3 Å². The monoisotopic (exact) mass is 456 g/mol. The molecule has 0 aliphatic rings. The zero-order chi connectivity index (χ0) is 21.8. The number of benzene rings is 2. The van der Waals surface area contributed by atoms with Crippen molar-refractivity contribution in [2.75, 3.05) is 12.4 Å². The van der Waals surface area contributed by atoms with Gasteiger partial charge in [-0.15, -0.1) is 0 Å². The van der Waals surface area contributed by atoms with Crippen LogP contribution in [-0.4, -0.2) is 28.0 Å². The van der Waals surface area contributed by atoms with E-state index in [4.69, 9.17) is 32.7 Å². The second kappa shape index (κ2) is 9.24. The Kier molecular flexibility index (Phi) is 6.25. The van der Waals surface area contributed by atoms with Crippen LogP contribution in [0.25, 0.3) is 11.0 Å². The molecule has 0 spiro atoms. The molecule has 2 aromatic heterocycles. The van der Waals surface area contributed by atoms with Crippen LogP contribution < -0.4 is 14.8 Å². The lowest BCUT2D eigenvalue weighted by Gasteiger charge is -2.09. The molecule has 0 radical (unpaired) electrons. The predicted octanol–water partition coefficient (Wildman–Crippen LogP) is 5.03. The molecule has 1 amide bonds. The molecule has 4 aromatic rings. The van der Waals surface area contributed by atoms with Gasteiger partial charge >= 0.3 is 0 Å². The summed E-state index contributed by atoms with van der Waals surface area (Å²) in [5.41, 5.74) is 2.37. The van der Waals surface area contributed by atoms with Crippen LogP contribution in [0.4, 0.5) is 5.69 Å². The molecule has 2 heterocycles. The molecule has 158 valence electrons. The number of anilines is 1. The highest BCUT2D eigenvalue weighted by atomic mass is 35.5. The van der Waals surface area contributed by atoms with Gasteiger partial charge in [-0.3, -0.25) is 9.78 Å². The number of rotatable bonds is 7. The minimum atomic E-state index is -0.286. The third kappa shape index (κ3) is 4.73. The van der Waals surface area contributed by atoms with Gasteiger partial charge in [0.15, 0.2) is 0 Å². The highest BCUT2D eigenvalue weighted by Crippen LogP contribution is 2.30. The quantitative estimate of drug-likeness (QED) is 0.406. The number of halogens is 2. The summed E-state index contributed by atoms with van der Waals surface area (Å²) in [7, 11) is 1.58. The molecule has 0 bridgehead atoms. The summed E-state index contributed by atoms with van der Waals surface area (Å²) in [4.78, 5) is 24.4. The molecule has 0 aliphatic carbocycles. The number of aromatic amines is 1. The van der Waals surface area contributed by atoms with Gasteiger partial charge < -0.3 is 19.8 Å². The molecule has 0 fully saturated rings. The molecule has 2 N–H and O–H groups in total. The third-order valence-electron chi connectivity index (χ3n) is 4.55. The summed E-state index contributed by atoms with van der Waals surface area (Å²) in [5, 5.41) is 3.27. The lowest BCUT2D eigenvalue weighted by Crippen LogP contribution is -2.15. The molecule has 4 rings (SSSR count). The largest absolute Gasteiger partial charge is 0.494 e. The van der Waals surface area contributed by atoms with Gasteiger partial charge in [-0.25, -0.2) is 4.98 Å². The lowest BCUT2D eigenvalue weighted by molar-refractivity contribution is -0.115. The fourth-order valence-corrected chi connectivity index (χ4v) is 3.57. The third-order valence-corrected chi connectivity index (χ3v) is 5.12. The maximum Gasteiger partial charge on any atom is 0.228 e. The van der Waals surface area contributed by atoms with Crippen molar-refractivity contribution in [1.82, 2.24) is 15.0 Å². The average molecular weight is 457 g/mol. The van der Waals surface area contributed by atoms with Gasteiger partial charge in [0.05, 0.1) is 34.8 Å². The number of pyridine rings is 1. The Balaban J connectivity index is 1.57. The zero-order valence-electron chi connectivity index (χ0n) is 16.5. The van der Waals surface area contributed by atoms with Crippen molar-refractivity contribution in [3.05, 3.63) is 76.3 Å². The maximum atomic E-state index is 12.7. The summed E-state index contributed by atoms with van der Waals surface area (Å²) in [6.07, 6.45) is 2.90. The van der Waals surface area contributed by atoms with Crippen LogP contribution in [0.1, 0.15) is 11.4 Å². The molecule has 2 aromatic carbocycles. The Hall–Kier alpha value is -3.29. The van der Waals surface area contributed by atoms with Gasteiger partial charge in [-0.2, -0.15) is 0 Å². The minimum absolute atomic E-state index is 0.0688.